The molecule has 2 aliphatic rings. The molecule has 4 heteroatoms. The van der Waals surface area contributed by atoms with Gasteiger partial charge in [-0.2, -0.15) is 0 Å². The van der Waals surface area contributed by atoms with Gasteiger partial charge < -0.3 is 15.4 Å². The maximum atomic E-state index is 11.9. The van der Waals surface area contributed by atoms with Gasteiger partial charge in [-0.15, -0.1) is 0 Å². The Balaban J connectivity index is 1.84. The molecule has 0 spiro atoms. The summed E-state index contributed by atoms with van der Waals surface area (Å²) in [4.78, 5) is 11.9. The van der Waals surface area contributed by atoms with E-state index < -0.39 is 0 Å². The molecule has 0 radical (unpaired) electrons. The third-order valence-corrected chi connectivity index (χ3v) is 5.22. The molecule has 1 aliphatic carbocycles. The number of hydrogen-bond donors (Lipinski definition) is 2. The lowest BCUT2D eigenvalue weighted by molar-refractivity contribution is -0.0923. The molecule has 1 saturated heterocycles. The second-order valence-corrected chi connectivity index (χ2v) is 6.74. The van der Waals surface area contributed by atoms with Crippen LogP contribution < -0.4 is 10.6 Å². The predicted octanol–water partition coefficient (Wildman–Crippen LogP) is 2.58. The van der Waals surface area contributed by atoms with E-state index >= 15 is 0 Å². The number of nitrogens with one attached hydrogen (secondary N) is 2. The third kappa shape index (κ3) is 2.13. The lowest BCUT2D eigenvalue weighted by Gasteiger charge is -2.55. The lowest BCUT2D eigenvalue weighted by atomic mass is 9.57. The largest absolute Gasteiger partial charge is 0.381 e. The number of amides is 1. The van der Waals surface area contributed by atoms with Crippen molar-refractivity contribution in [1.82, 2.24) is 5.32 Å². The Morgan fingerprint density at radius 2 is 2.14 bits per heavy atom. The van der Waals surface area contributed by atoms with Crippen molar-refractivity contribution < 1.29 is 9.53 Å². The van der Waals surface area contributed by atoms with Gasteiger partial charge in [0.2, 0.25) is 0 Å². The average Bonchev–Trinajstić information content (AvgIpc) is 2.92. The number of ether oxygens (including phenoxy) is 1. The summed E-state index contributed by atoms with van der Waals surface area (Å²) in [6.45, 7) is 7.39. The Bertz CT molecular complexity index is 568. The highest BCUT2D eigenvalue weighted by molar-refractivity contribution is 5.96. The van der Waals surface area contributed by atoms with E-state index in [2.05, 4.69) is 30.5 Å². The normalized spacial score (nSPS) is 29.4. The molecule has 114 valence electrons. The molecule has 0 aromatic heterocycles. The second-order valence-electron chi connectivity index (χ2n) is 6.74. The standard InChI is InChI=1S/C17H24N2O2/c1-10-11(16(20)18-4)6-5-7-13(10)19-14-12-8-9-21-15(12)17(14,2)3/h5-7,12,14-15,19H,8-9H2,1-4H3,(H,18,20). The SMILES string of the molecule is CNC(=O)c1cccc(NC2C3CCOC3C2(C)C)c1C. The van der Waals surface area contributed by atoms with Gasteiger partial charge in [-0.05, 0) is 31.0 Å². The minimum atomic E-state index is -0.0360. The molecule has 3 rings (SSSR count). The molecular formula is C17H24N2O2. The van der Waals surface area contributed by atoms with E-state index in [0.29, 0.717) is 18.1 Å². The Morgan fingerprint density at radius 1 is 1.38 bits per heavy atom. The second kappa shape index (κ2) is 5.02. The fourth-order valence-corrected chi connectivity index (χ4v) is 3.96. The van der Waals surface area contributed by atoms with Crippen LogP contribution in [-0.4, -0.2) is 31.7 Å². The summed E-state index contributed by atoms with van der Waals surface area (Å²) >= 11 is 0. The summed E-state index contributed by atoms with van der Waals surface area (Å²) < 4.78 is 5.84. The molecule has 3 unspecified atom stereocenters. The van der Waals surface area contributed by atoms with Crippen LogP contribution in [0.15, 0.2) is 18.2 Å². The van der Waals surface area contributed by atoms with Crippen molar-refractivity contribution >= 4 is 11.6 Å². The maximum Gasteiger partial charge on any atom is 0.251 e. The predicted molar refractivity (Wildman–Crippen MR) is 83.6 cm³/mol. The number of carbonyl (C=O) groups excluding carboxylic acids is 1. The van der Waals surface area contributed by atoms with E-state index in [9.17, 15) is 4.79 Å². The summed E-state index contributed by atoms with van der Waals surface area (Å²) in [5.41, 5.74) is 2.93. The van der Waals surface area contributed by atoms with Gasteiger partial charge in [0.05, 0.1) is 6.10 Å². The fourth-order valence-electron chi connectivity index (χ4n) is 3.96. The van der Waals surface area contributed by atoms with Gasteiger partial charge in [0.15, 0.2) is 0 Å². The van der Waals surface area contributed by atoms with Gasteiger partial charge in [-0.1, -0.05) is 19.9 Å². The molecule has 2 fully saturated rings. The monoisotopic (exact) mass is 288 g/mol. The van der Waals surface area contributed by atoms with Crippen LogP contribution in [0.1, 0.15) is 36.2 Å². The summed E-state index contributed by atoms with van der Waals surface area (Å²) in [6.07, 6.45) is 1.50. The van der Waals surface area contributed by atoms with Gasteiger partial charge in [0, 0.05) is 42.3 Å². The Morgan fingerprint density at radius 3 is 2.86 bits per heavy atom. The van der Waals surface area contributed by atoms with Gasteiger partial charge in [-0.3, -0.25) is 4.79 Å². The molecule has 1 saturated carbocycles. The van der Waals surface area contributed by atoms with Crippen molar-refractivity contribution in [2.24, 2.45) is 11.3 Å². The van der Waals surface area contributed by atoms with E-state index in [0.717, 1.165) is 29.8 Å². The molecule has 0 bridgehead atoms. The zero-order chi connectivity index (χ0) is 15.2. The van der Waals surface area contributed by atoms with Crippen molar-refractivity contribution in [3.8, 4) is 0 Å². The molecular weight excluding hydrogens is 264 g/mol. The summed E-state index contributed by atoms with van der Waals surface area (Å²) in [6, 6.07) is 6.27. The smallest absolute Gasteiger partial charge is 0.251 e. The molecule has 3 atom stereocenters. The average molecular weight is 288 g/mol. The molecule has 1 aliphatic heterocycles. The number of benzene rings is 1. The number of carbonyl (C=O) groups is 1. The van der Waals surface area contributed by atoms with Crippen molar-refractivity contribution in [3.63, 3.8) is 0 Å². The Kier molecular flexibility index (Phi) is 3.44. The minimum Gasteiger partial charge on any atom is -0.381 e. The summed E-state index contributed by atoms with van der Waals surface area (Å²) in [5, 5.41) is 6.36. The molecule has 2 N–H and O–H groups in total. The van der Waals surface area contributed by atoms with Crippen LogP contribution in [-0.2, 0) is 4.74 Å². The quantitative estimate of drug-likeness (QED) is 0.899. The summed E-state index contributed by atoms with van der Waals surface area (Å²) in [7, 11) is 1.66. The molecule has 1 amide bonds. The number of anilines is 1. The number of fused-ring (bicyclic) bond motifs is 1. The highest BCUT2D eigenvalue weighted by Crippen LogP contribution is 2.53. The van der Waals surface area contributed by atoms with Crippen LogP contribution in [0.3, 0.4) is 0 Å². The topological polar surface area (TPSA) is 50.4 Å². The van der Waals surface area contributed by atoms with Crippen LogP contribution in [0.4, 0.5) is 5.69 Å². The van der Waals surface area contributed by atoms with Crippen molar-refractivity contribution in [1.29, 1.82) is 0 Å². The highest BCUT2D eigenvalue weighted by Gasteiger charge is 2.59. The lowest BCUT2D eigenvalue weighted by Crippen LogP contribution is -2.63. The fraction of sp³-hybridized carbons (Fsp3) is 0.588. The van der Waals surface area contributed by atoms with E-state index in [-0.39, 0.29) is 11.3 Å². The van der Waals surface area contributed by atoms with Crippen molar-refractivity contribution in [2.75, 3.05) is 19.0 Å². The Hall–Kier alpha value is -1.55. The van der Waals surface area contributed by atoms with Crippen molar-refractivity contribution in [2.45, 2.75) is 39.3 Å². The minimum absolute atomic E-state index is 0.0360. The Labute approximate surface area is 126 Å². The van der Waals surface area contributed by atoms with Gasteiger partial charge in [0.25, 0.3) is 5.91 Å². The molecule has 1 aromatic rings. The first-order valence-electron chi connectivity index (χ1n) is 7.66. The van der Waals surface area contributed by atoms with E-state index in [1.807, 2.05) is 19.1 Å². The molecule has 1 aromatic carbocycles. The van der Waals surface area contributed by atoms with Crippen molar-refractivity contribution in [3.05, 3.63) is 29.3 Å². The zero-order valence-electron chi connectivity index (χ0n) is 13.2. The maximum absolute atomic E-state index is 11.9. The summed E-state index contributed by atoms with van der Waals surface area (Å²) in [5.74, 6) is 0.550. The highest BCUT2D eigenvalue weighted by atomic mass is 16.5. The first-order chi connectivity index (χ1) is 9.96. The number of rotatable bonds is 3. The van der Waals surface area contributed by atoms with Gasteiger partial charge in [0.1, 0.15) is 0 Å². The van der Waals surface area contributed by atoms with Crippen LogP contribution in [0, 0.1) is 18.3 Å². The van der Waals surface area contributed by atoms with Gasteiger partial charge in [-0.25, -0.2) is 0 Å². The van der Waals surface area contributed by atoms with Gasteiger partial charge >= 0.3 is 0 Å². The van der Waals surface area contributed by atoms with Crippen LogP contribution in [0.5, 0.6) is 0 Å². The first kappa shape index (κ1) is 14.4. The van der Waals surface area contributed by atoms with E-state index in [4.69, 9.17) is 4.74 Å². The van der Waals surface area contributed by atoms with Crippen LogP contribution >= 0.6 is 0 Å². The van der Waals surface area contributed by atoms with Crippen LogP contribution in [0.25, 0.3) is 0 Å². The number of hydrogen-bond acceptors (Lipinski definition) is 3. The molecule has 21 heavy (non-hydrogen) atoms. The van der Waals surface area contributed by atoms with E-state index in [1.165, 1.54) is 0 Å². The molecule has 4 nitrogen and oxygen atoms in total. The first-order valence-corrected chi connectivity index (χ1v) is 7.66. The van der Waals surface area contributed by atoms with Crippen LogP contribution in [0.2, 0.25) is 0 Å². The molecule has 1 heterocycles. The van der Waals surface area contributed by atoms with E-state index in [1.54, 1.807) is 7.05 Å². The third-order valence-electron chi connectivity index (χ3n) is 5.22. The zero-order valence-corrected chi connectivity index (χ0v) is 13.2.